The van der Waals surface area contributed by atoms with Crippen molar-refractivity contribution in [2.24, 2.45) is 0 Å². The molecule has 0 saturated heterocycles. The van der Waals surface area contributed by atoms with Gasteiger partial charge in [-0.05, 0) is 40.2 Å². The summed E-state index contributed by atoms with van der Waals surface area (Å²) < 4.78 is 6.08. The Morgan fingerprint density at radius 2 is 1.62 bits per heavy atom. The van der Waals surface area contributed by atoms with E-state index in [1.54, 1.807) is 6.07 Å². The molecule has 1 N–H and O–H groups in total. The Morgan fingerprint density at radius 1 is 0.923 bits per heavy atom. The van der Waals surface area contributed by atoms with Gasteiger partial charge in [-0.15, -0.1) is 0 Å². The minimum absolute atomic E-state index is 0.0142. The minimum atomic E-state index is 0.0142. The maximum absolute atomic E-state index is 6.20. The van der Waals surface area contributed by atoms with Crippen molar-refractivity contribution in [3.05, 3.63) is 57.6 Å². The van der Waals surface area contributed by atoms with Gasteiger partial charge in [-0.25, -0.2) is 0 Å². The van der Waals surface area contributed by atoms with Crippen molar-refractivity contribution < 1.29 is 4.74 Å². The highest BCUT2D eigenvalue weighted by Crippen LogP contribution is 2.35. The number of benzene rings is 2. The summed E-state index contributed by atoms with van der Waals surface area (Å²) in [6.45, 7) is 14.5. The van der Waals surface area contributed by atoms with Gasteiger partial charge in [0.2, 0.25) is 0 Å². The second-order valence-corrected chi connectivity index (χ2v) is 9.37. The second-order valence-electron chi connectivity index (χ2n) is 8.59. The summed E-state index contributed by atoms with van der Waals surface area (Å²) in [5.74, 6) is 0.935. The summed E-state index contributed by atoms with van der Waals surface area (Å²) in [5, 5.41) is 4.36. The van der Waals surface area contributed by atoms with E-state index in [4.69, 9.17) is 27.9 Å². The zero-order valence-electron chi connectivity index (χ0n) is 16.5. The zero-order valence-corrected chi connectivity index (χ0v) is 18.1. The third-order valence-corrected chi connectivity index (χ3v) is 5.10. The lowest BCUT2D eigenvalue weighted by Crippen LogP contribution is -2.19. The molecule has 4 heteroatoms. The van der Waals surface area contributed by atoms with Gasteiger partial charge in [-0.3, -0.25) is 0 Å². The third-order valence-electron chi connectivity index (χ3n) is 4.28. The SMILES string of the molecule is CC(C)(C)c1ccc(OCCNc2cccc(Cl)c2Cl)c(C(C)(C)C)c1. The lowest BCUT2D eigenvalue weighted by molar-refractivity contribution is 0.322. The molecule has 0 aliphatic heterocycles. The van der Waals surface area contributed by atoms with Gasteiger partial charge in [0.25, 0.3) is 0 Å². The summed E-state index contributed by atoms with van der Waals surface area (Å²) in [6, 6.07) is 12.1. The van der Waals surface area contributed by atoms with E-state index < -0.39 is 0 Å². The highest BCUT2D eigenvalue weighted by Gasteiger charge is 2.23. The second kappa shape index (κ2) is 8.10. The number of hydrogen-bond acceptors (Lipinski definition) is 2. The van der Waals surface area contributed by atoms with Crippen LogP contribution in [0.25, 0.3) is 0 Å². The summed E-state index contributed by atoms with van der Waals surface area (Å²) in [6.07, 6.45) is 0. The van der Waals surface area contributed by atoms with Crippen LogP contribution in [0, 0.1) is 0 Å². The van der Waals surface area contributed by atoms with E-state index in [1.165, 1.54) is 11.1 Å². The third kappa shape index (κ3) is 5.31. The molecule has 0 unspecified atom stereocenters. The number of halogens is 2. The summed E-state index contributed by atoms with van der Waals surface area (Å²) >= 11 is 12.2. The van der Waals surface area contributed by atoms with Crippen LogP contribution in [0.15, 0.2) is 36.4 Å². The van der Waals surface area contributed by atoms with Crippen LogP contribution in [0.3, 0.4) is 0 Å². The van der Waals surface area contributed by atoms with Gasteiger partial charge in [-0.1, -0.05) is 82.9 Å². The topological polar surface area (TPSA) is 21.3 Å². The van der Waals surface area contributed by atoms with Gasteiger partial charge in [-0.2, -0.15) is 0 Å². The molecule has 0 spiro atoms. The van der Waals surface area contributed by atoms with Crippen molar-refractivity contribution in [1.82, 2.24) is 0 Å². The molecule has 0 bridgehead atoms. The number of nitrogens with one attached hydrogen (secondary N) is 1. The lowest BCUT2D eigenvalue weighted by Gasteiger charge is -2.27. The zero-order chi connectivity index (χ0) is 19.5. The molecule has 0 amide bonds. The minimum Gasteiger partial charge on any atom is -0.491 e. The van der Waals surface area contributed by atoms with Gasteiger partial charge in [0.1, 0.15) is 12.4 Å². The average molecular weight is 394 g/mol. The maximum atomic E-state index is 6.20. The van der Waals surface area contributed by atoms with Crippen LogP contribution < -0.4 is 10.1 Å². The van der Waals surface area contributed by atoms with Crippen LogP contribution in [-0.2, 0) is 10.8 Å². The molecular formula is C22H29Cl2NO. The fraction of sp³-hybridized carbons (Fsp3) is 0.455. The van der Waals surface area contributed by atoms with E-state index in [0.717, 1.165) is 11.4 Å². The van der Waals surface area contributed by atoms with Crippen molar-refractivity contribution in [2.45, 2.75) is 52.4 Å². The van der Waals surface area contributed by atoms with Crippen LogP contribution in [0.5, 0.6) is 5.75 Å². The first kappa shape index (κ1) is 20.9. The number of anilines is 1. The van der Waals surface area contributed by atoms with E-state index in [0.29, 0.717) is 23.2 Å². The Morgan fingerprint density at radius 3 is 2.23 bits per heavy atom. The first-order chi connectivity index (χ1) is 12.0. The van der Waals surface area contributed by atoms with Crippen LogP contribution in [0.2, 0.25) is 10.0 Å². The largest absolute Gasteiger partial charge is 0.491 e. The summed E-state index contributed by atoms with van der Waals surface area (Å²) in [4.78, 5) is 0. The van der Waals surface area contributed by atoms with E-state index in [-0.39, 0.29) is 10.8 Å². The molecule has 0 saturated carbocycles. The van der Waals surface area contributed by atoms with E-state index in [9.17, 15) is 0 Å². The normalized spacial score (nSPS) is 12.2. The predicted molar refractivity (Wildman–Crippen MR) is 114 cm³/mol. The molecule has 26 heavy (non-hydrogen) atoms. The highest BCUT2D eigenvalue weighted by molar-refractivity contribution is 6.43. The Hall–Kier alpha value is -1.38. The smallest absolute Gasteiger partial charge is 0.123 e. The molecule has 2 nitrogen and oxygen atoms in total. The van der Waals surface area contributed by atoms with Gasteiger partial charge >= 0.3 is 0 Å². The number of hydrogen-bond donors (Lipinski definition) is 1. The monoisotopic (exact) mass is 393 g/mol. The van der Waals surface area contributed by atoms with E-state index in [1.807, 2.05) is 12.1 Å². The molecule has 0 aliphatic carbocycles. The van der Waals surface area contributed by atoms with Crippen LogP contribution in [0.4, 0.5) is 5.69 Å². The van der Waals surface area contributed by atoms with E-state index in [2.05, 4.69) is 65.1 Å². The number of rotatable bonds is 5. The molecule has 0 heterocycles. The van der Waals surface area contributed by atoms with Gasteiger partial charge in [0, 0.05) is 6.54 Å². The van der Waals surface area contributed by atoms with Crippen molar-refractivity contribution in [3.63, 3.8) is 0 Å². The standard InChI is InChI=1S/C22H29Cl2NO/c1-21(2,3)15-10-11-19(16(14-15)22(4,5)6)26-13-12-25-18-9-7-8-17(23)20(18)24/h7-11,14,25H,12-13H2,1-6H3. The first-order valence-electron chi connectivity index (χ1n) is 8.96. The van der Waals surface area contributed by atoms with Crippen molar-refractivity contribution in [1.29, 1.82) is 0 Å². The molecule has 0 aromatic heterocycles. The van der Waals surface area contributed by atoms with Crippen molar-refractivity contribution in [3.8, 4) is 5.75 Å². The fourth-order valence-corrected chi connectivity index (χ4v) is 3.06. The predicted octanol–water partition coefficient (Wildman–Crippen LogP) is 7.08. The van der Waals surface area contributed by atoms with Crippen LogP contribution in [0.1, 0.15) is 52.7 Å². The van der Waals surface area contributed by atoms with Crippen LogP contribution in [-0.4, -0.2) is 13.2 Å². The molecule has 0 fully saturated rings. The quantitative estimate of drug-likeness (QED) is 0.547. The molecule has 142 valence electrons. The van der Waals surface area contributed by atoms with Crippen molar-refractivity contribution >= 4 is 28.9 Å². The van der Waals surface area contributed by atoms with Crippen molar-refractivity contribution in [2.75, 3.05) is 18.5 Å². The average Bonchev–Trinajstić information content (AvgIpc) is 2.53. The molecule has 0 atom stereocenters. The molecule has 2 rings (SSSR count). The van der Waals surface area contributed by atoms with E-state index >= 15 is 0 Å². The van der Waals surface area contributed by atoms with Gasteiger partial charge < -0.3 is 10.1 Å². The van der Waals surface area contributed by atoms with Gasteiger partial charge in [0.15, 0.2) is 0 Å². The summed E-state index contributed by atoms with van der Waals surface area (Å²) in [5.41, 5.74) is 3.50. The Kier molecular flexibility index (Phi) is 6.52. The Bertz CT molecular complexity index is 758. The molecule has 0 radical (unpaired) electrons. The Labute approximate surface area is 167 Å². The molecular weight excluding hydrogens is 365 g/mol. The molecule has 2 aromatic rings. The first-order valence-corrected chi connectivity index (χ1v) is 9.71. The summed E-state index contributed by atoms with van der Waals surface area (Å²) in [7, 11) is 0. The fourth-order valence-electron chi connectivity index (χ4n) is 2.70. The van der Waals surface area contributed by atoms with Gasteiger partial charge in [0.05, 0.1) is 15.7 Å². The molecule has 2 aromatic carbocycles. The van der Waals surface area contributed by atoms with Crippen LogP contribution >= 0.6 is 23.2 Å². The maximum Gasteiger partial charge on any atom is 0.123 e. The number of ether oxygens (including phenoxy) is 1. The highest BCUT2D eigenvalue weighted by atomic mass is 35.5. The molecule has 0 aliphatic rings. The Balaban J connectivity index is 2.08. The lowest BCUT2D eigenvalue weighted by atomic mass is 9.80.